The van der Waals surface area contributed by atoms with E-state index < -0.39 is 0 Å². The largest absolute Gasteiger partial charge is 0.380 e. The van der Waals surface area contributed by atoms with E-state index in [0.717, 1.165) is 53.2 Å². The van der Waals surface area contributed by atoms with Gasteiger partial charge in [0.05, 0.1) is 11.2 Å². The number of H-pyrrole nitrogens is 1. The van der Waals surface area contributed by atoms with E-state index in [1.54, 1.807) is 0 Å². The minimum absolute atomic E-state index is 0.501. The minimum Gasteiger partial charge on any atom is -0.380 e. The number of benzene rings is 2. The molecule has 4 rings (SSSR count). The second kappa shape index (κ2) is 6.26. The van der Waals surface area contributed by atoms with Crippen LogP contribution in [-0.4, -0.2) is 24.1 Å². The minimum atomic E-state index is 0.501. The summed E-state index contributed by atoms with van der Waals surface area (Å²) in [5.74, 6) is 0. The number of hydrogen-bond donors (Lipinski definition) is 3. The Balaban J connectivity index is 1.73. The van der Waals surface area contributed by atoms with Crippen LogP contribution in [0.1, 0.15) is 12.8 Å². The van der Waals surface area contributed by atoms with Crippen molar-refractivity contribution in [3.63, 3.8) is 0 Å². The molecule has 1 aromatic heterocycles. The van der Waals surface area contributed by atoms with Crippen LogP contribution in [0, 0.1) is 0 Å². The van der Waals surface area contributed by atoms with Crippen LogP contribution in [0.15, 0.2) is 48.5 Å². The van der Waals surface area contributed by atoms with E-state index in [0.29, 0.717) is 6.04 Å². The van der Waals surface area contributed by atoms with Crippen molar-refractivity contribution < 1.29 is 0 Å². The van der Waals surface area contributed by atoms with Crippen molar-refractivity contribution in [2.24, 2.45) is 0 Å². The van der Waals surface area contributed by atoms with E-state index in [2.05, 4.69) is 45.9 Å². The van der Waals surface area contributed by atoms with E-state index in [4.69, 9.17) is 11.6 Å². The lowest BCUT2D eigenvalue weighted by atomic mass is 10.1. The molecule has 118 valence electrons. The highest BCUT2D eigenvalue weighted by Gasteiger charge is 2.15. The third-order valence-corrected chi connectivity index (χ3v) is 4.69. The Labute approximate surface area is 141 Å². The molecule has 23 heavy (non-hydrogen) atoms. The Morgan fingerprint density at radius 3 is 2.57 bits per heavy atom. The van der Waals surface area contributed by atoms with Gasteiger partial charge in [0, 0.05) is 22.1 Å². The highest BCUT2D eigenvalue weighted by Crippen LogP contribution is 2.32. The molecular formula is C19H20ClN3. The van der Waals surface area contributed by atoms with E-state index in [1.165, 1.54) is 5.56 Å². The summed E-state index contributed by atoms with van der Waals surface area (Å²) >= 11 is 6.33. The predicted molar refractivity (Wildman–Crippen MR) is 98.3 cm³/mol. The first-order valence-corrected chi connectivity index (χ1v) is 8.52. The zero-order chi connectivity index (χ0) is 15.6. The van der Waals surface area contributed by atoms with Crippen molar-refractivity contribution in [3.05, 3.63) is 53.6 Å². The van der Waals surface area contributed by atoms with Gasteiger partial charge in [-0.15, -0.1) is 0 Å². The van der Waals surface area contributed by atoms with Crippen LogP contribution in [0.5, 0.6) is 0 Å². The van der Waals surface area contributed by atoms with Gasteiger partial charge in [0.15, 0.2) is 0 Å². The van der Waals surface area contributed by atoms with Crippen LogP contribution >= 0.6 is 11.6 Å². The van der Waals surface area contributed by atoms with Gasteiger partial charge in [0.25, 0.3) is 0 Å². The molecule has 0 bridgehead atoms. The van der Waals surface area contributed by atoms with Gasteiger partial charge in [-0.2, -0.15) is 0 Å². The summed E-state index contributed by atoms with van der Waals surface area (Å²) in [7, 11) is 0. The fraction of sp³-hybridized carbons (Fsp3) is 0.263. The quantitative estimate of drug-likeness (QED) is 0.656. The molecule has 0 aliphatic carbocycles. The van der Waals surface area contributed by atoms with Crippen molar-refractivity contribution >= 4 is 28.2 Å². The summed E-state index contributed by atoms with van der Waals surface area (Å²) in [6, 6.07) is 17.1. The lowest BCUT2D eigenvalue weighted by Crippen LogP contribution is -2.35. The van der Waals surface area contributed by atoms with Gasteiger partial charge in [-0.05, 0) is 49.7 Å². The van der Waals surface area contributed by atoms with Gasteiger partial charge < -0.3 is 15.6 Å². The SMILES string of the molecule is Clc1cc(NC2CCNCC2)c2[nH]c(-c3ccccc3)cc2c1. The Morgan fingerprint density at radius 2 is 1.78 bits per heavy atom. The lowest BCUT2D eigenvalue weighted by Gasteiger charge is -2.25. The van der Waals surface area contributed by atoms with Gasteiger partial charge in [0.2, 0.25) is 0 Å². The van der Waals surface area contributed by atoms with Crippen molar-refractivity contribution in [1.29, 1.82) is 0 Å². The molecule has 3 aromatic rings. The fourth-order valence-electron chi connectivity index (χ4n) is 3.28. The molecule has 3 N–H and O–H groups in total. The van der Waals surface area contributed by atoms with Gasteiger partial charge in [-0.25, -0.2) is 0 Å². The Hall–Kier alpha value is -1.97. The van der Waals surface area contributed by atoms with E-state index in [-0.39, 0.29) is 0 Å². The van der Waals surface area contributed by atoms with Crippen molar-refractivity contribution in [3.8, 4) is 11.3 Å². The Bertz CT molecular complexity index is 804. The summed E-state index contributed by atoms with van der Waals surface area (Å²) in [6.07, 6.45) is 2.28. The monoisotopic (exact) mass is 325 g/mol. The molecule has 0 atom stereocenters. The number of halogens is 1. The zero-order valence-electron chi connectivity index (χ0n) is 12.9. The highest BCUT2D eigenvalue weighted by atomic mass is 35.5. The molecule has 2 aromatic carbocycles. The van der Waals surface area contributed by atoms with Crippen molar-refractivity contribution in [2.75, 3.05) is 18.4 Å². The maximum absolute atomic E-state index is 6.33. The first-order chi connectivity index (χ1) is 11.3. The van der Waals surface area contributed by atoms with Crippen LogP contribution in [-0.2, 0) is 0 Å². The second-order valence-electron chi connectivity index (χ2n) is 6.14. The summed E-state index contributed by atoms with van der Waals surface area (Å²) in [6.45, 7) is 2.14. The van der Waals surface area contributed by atoms with Crippen LogP contribution < -0.4 is 10.6 Å². The number of nitrogens with one attached hydrogen (secondary N) is 3. The summed E-state index contributed by atoms with van der Waals surface area (Å²) < 4.78 is 0. The zero-order valence-corrected chi connectivity index (χ0v) is 13.7. The average molecular weight is 326 g/mol. The number of piperidine rings is 1. The first kappa shape index (κ1) is 14.6. The smallest absolute Gasteiger partial charge is 0.0695 e. The number of hydrogen-bond acceptors (Lipinski definition) is 2. The summed E-state index contributed by atoms with van der Waals surface area (Å²) in [4.78, 5) is 3.56. The molecule has 0 radical (unpaired) electrons. The molecule has 0 unspecified atom stereocenters. The molecule has 3 nitrogen and oxygen atoms in total. The molecule has 4 heteroatoms. The summed E-state index contributed by atoms with van der Waals surface area (Å²) in [5, 5.41) is 8.99. The van der Waals surface area contributed by atoms with E-state index >= 15 is 0 Å². The first-order valence-electron chi connectivity index (χ1n) is 8.14. The maximum Gasteiger partial charge on any atom is 0.0695 e. The van der Waals surface area contributed by atoms with Crippen molar-refractivity contribution in [1.82, 2.24) is 10.3 Å². The molecule has 2 heterocycles. The highest BCUT2D eigenvalue weighted by molar-refractivity contribution is 6.32. The fourth-order valence-corrected chi connectivity index (χ4v) is 3.51. The molecule has 1 fully saturated rings. The van der Waals surface area contributed by atoms with Crippen LogP contribution in [0.2, 0.25) is 5.02 Å². The third-order valence-electron chi connectivity index (χ3n) is 4.48. The number of anilines is 1. The number of fused-ring (bicyclic) bond motifs is 1. The van der Waals surface area contributed by atoms with Gasteiger partial charge in [-0.1, -0.05) is 41.9 Å². The molecule has 0 saturated carbocycles. The molecule has 0 spiro atoms. The third kappa shape index (κ3) is 3.07. The molecule has 1 aliphatic rings. The van der Waals surface area contributed by atoms with Crippen LogP contribution in [0.3, 0.4) is 0 Å². The predicted octanol–water partition coefficient (Wildman–Crippen LogP) is 4.65. The van der Waals surface area contributed by atoms with E-state index in [9.17, 15) is 0 Å². The molecule has 1 saturated heterocycles. The standard InChI is InChI=1S/C19H20ClN3/c20-15-10-14-11-17(13-4-2-1-3-5-13)23-19(14)18(12-15)22-16-6-8-21-9-7-16/h1-5,10-12,16,21-23H,6-9H2. The average Bonchev–Trinajstić information content (AvgIpc) is 3.01. The number of aromatic amines is 1. The topological polar surface area (TPSA) is 39.8 Å². The lowest BCUT2D eigenvalue weighted by molar-refractivity contribution is 0.479. The Morgan fingerprint density at radius 1 is 1.00 bits per heavy atom. The van der Waals surface area contributed by atoms with Crippen LogP contribution in [0.4, 0.5) is 5.69 Å². The number of rotatable bonds is 3. The Kier molecular flexibility index (Phi) is 3.98. The molecular weight excluding hydrogens is 306 g/mol. The van der Waals surface area contributed by atoms with Gasteiger partial charge in [-0.3, -0.25) is 0 Å². The number of aromatic nitrogens is 1. The van der Waals surface area contributed by atoms with Crippen LogP contribution in [0.25, 0.3) is 22.2 Å². The second-order valence-corrected chi connectivity index (χ2v) is 6.57. The molecule has 1 aliphatic heterocycles. The van der Waals surface area contributed by atoms with E-state index in [1.807, 2.05) is 18.2 Å². The molecule has 0 amide bonds. The van der Waals surface area contributed by atoms with Crippen molar-refractivity contribution in [2.45, 2.75) is 18.9 Å². The summed E-state index contributed by atoms with van der Waals surface area (Å²) in [5.41, 5.74) is 4.54. The normalized spacial score (nSPS) is 15.9. The van der Waals surface area contributed by atoms with Gasteiger partial charge in [0.1, 0.15) is 0 Å². The van der Waals surface area contributed by atoms with Gasteiger partial charge >= 0.3 is 0 Å². The maximum atomic E-state index is 6.33.